The van der Waals surface area contributed by atoms with E-state index in [1.54, 1.807) is 0 Å². The number of ether oxygens (including phenoxy) is 1. The van der Waals surface area contributed by atoms with Crippen LogP contribution < -0.4 is 5.32 Å². The van der Waals surface area contributed by atoms with Gasteiger partial charge in [0.2, 0.25) is 0 Å². The lowest BCUT2D eigenvalue weighted by molar-refractivity contribution is 0.0990. The molecule has 1 saturated heterocycles. The number of nitrogens with zero attached hydrogens (tertiary/aromatic N) is 4. The van der Waals surface area contributed by atoms with E-state index in [0.29, 0.717) is 12.1 Å². The van der Waals surface area contributed by atoms with E-state index in [-0.39, 0.29) is 0 Å². The van der Waals surface area contributed by atoms with E-state index in [9.17, 15) is 0 Å². The van der Waals surface area contributed by atoms with Crippen LogP contribution in [0.2, 0.25) is 0 Å². The molecule has 6 heteroatoms. The van der Waals surface area contributed by atoms with Crippen molar-refractivity contribution in [1.29, 1.82) is 0 Å². The Kier molecular flexibility index (Phi) is 4.44. The molecule has 1 aromatic heterocycles. The highest BCUT2D eigenvalue weighted by atomic mass is 16.5. The monoisotopic (exact) mass is 239 g/mol. The molecule has 2 heterocycles. The maximum Gasteiger partial charge on any atom is 0.165 e. The molecule has 1 aliphatic heterocycles. The van der Waals surface area contributed by atoms with Gasteiger partial charge in [-0.25, -0.2) is 4.68 Å². The molecular formula is C11H21N5O. The highest BCUT2D eigenvalue weighted by molar-refractivity contribution is 4.81. The average Bonchev–Trinajstić information content (AvgIpc) is 2.95. The topological polar surface area (TPSA) is 64.9 Å². The van der Waals surface area contributed by atoms with Gasteiger partial charge in [0.15, 0.2) is 5.82 Å². The minimum atomic E-state index is 0.394. The zero-order valence-corrected chi connectivity index (χ0v) is 10.6. The Morgan fingerprint density at radius 3 is 3.12 bits per heavy atom. The highest BCUT2D eigenvalue weighted by Gasteiger charge is 2.16. The van der Waals surface area contributed by atoms with Crippen molar-refractivity contribution in [3.05, 3.63) is 5.82 Å². The van der Waals surface area contributed by atoms with E-state index in [2.05, 4.69) is 34.7 Å². The van der Waals surface area contributed by atoms with Gasteiger partial charge in [0.25, 0.3) is 0 Å². The molecule has 1 atom stereocenters. The number of aromatic nitrogens is 4. The van der Waals surface area contributed by atoms with Crippen LogP contribution in [0.3, 0.4) is 0 Å². The molecule has 1 unspecified atom stereocenters. The molecule has 1 aliphatic rings. The van der Waals surface area contributed by atoms with Gasteiger partial charge in [0.1, 0.15) is 0 Å². The first-order valence-electron chi connectivity index (χ1n) is 6.35. The fourth-order valence-corrected chi connectivity index (χ4v) is 1.96. The van der Waals surface area contributed by atoms with Gasteiger partial charge in [-0.05, 0) is 29.7 Å². The second kappa shape index (κ2) is 6.07. The number of aryl methyl sites for hydroxylation is 1. The van der Waals surface area contributed by atoms with Crippen LogP contribution in [0.4, 0.5) is 0 Å². The third kappa shape index (κ3) is 3.74. The zero-order valence-electron chi connectivity index (χ0n) is 10.6. The summed E-state index contributed by atoms with van der Waals surface area (Å²) in [6, 6.07) is 0.443. The standard InChI is InChI=1S/C11H21N5O/c1-9(2)12-8-11-13-14-15-16(11)6-5-10-4-3-7-17-10/h9-10,12H,3-8H2,1-2H3. The van der Waals surface area contributed by atoms with Crippen molar-refractivity contribution in [3.63, 3.8) is 0 Å². The van der Waals surface area contributed by atoms with Gasteiger partial charge in [0, 0.05) is 19.2 Å². The first-order valence-corrected chi connectivity index (χ1v) is 6.35. The molecule has 1 fully saturated rings. The number of tetrazole rings is 1. The predicted molar refractivity (Wildman–Crippen MR) is 63.4 cm³/mol. The van der Waals surface area contributed by atoms with Crippen LogP contribution in [0, 0.1) is 0 Å². The van der Waals surface area contributed by atoms with Crippen molar-refractivity contribution in [2.24, 2.45) is 0 Å². The Hall–Kier alpha value is -1.01. The van der Waals surface area contributed by atoms with E-state index in [0.717, 1.165) is 31.9 Å². The smallest absolute Gasteiger partial charge is 0.165 e. The van der Waals surface area contributed by atoms with Crippen molar-refractivity contribution in [3.8, 4) is 0 Å². The van der Waals surface area contributed by atoms with Gasteiger partial charge in [-0.15, -0.1) is 5.10 Å². The van der Waals surface area contributed by atoms with Gasteiger partial charge in [0.05, 0.1) is 12.6 Å². The maximum absolute atomic E-state index is 5.59. The fourth-order valence-electron chi connectivity index (χ4n) is 1.96. The summed E-state index contributed by atoms with van der Waals surface area (Å²) in [7, 11) is 0. The van der Waals surface area contributed by atoms with Crippen LogP contribution >= 0.6 is 0 Å². The molecule has 0 radical (unpaired) electrons. The second-order valence-corrected chi connectivity index (χ2v) is 4.78. The van der Waals surface area contributed by atoms with Crippen molar-refractivity contribution in [2.45, 2.75) is 58.3 Å². The Labute approximate surface area is 102 Å². The van der Waals surface area contributed by atoms with Gasteiger partial charge in [-0.2, -0.15) is 0 Å². The van der Waals surface area contributed by atoms with Crippen LogP contribution in [-0.2, 0) is 17.8 Å². The van der Waals surface area contributed by atoms with E-state index >= 15 is 0 Å². The van der Waals surface area contributed by atoms with Crippen LogP contribution in [0.1, 0.15) is 38.9 Å². The van der Waals surface area contributed by atoms with Gasteiger partial charge in [-0.1, -0.05) is 13.8 Å². The lowest BCUT2D eigenvalue weighted by atomic mass is 10.2. The fraction of sp³-hybridized carbons (Fsp3) is 0.909. The molecule has 0 aromatic carbocycles. The van der Waals surface area contributed by atoms with Crippen molar-refractivity contribution in [1.82, 2.24) is 25.5 Å². The van der Waals surface area contributed by atoms with Crippen LogP contribution in [-0.4, -0.2) is 39.0 Å². The highest BCUT2D eigenvalue weighted by Crippen LogP contribution is 2.15. The summed E-state index contributed by atoms with van der Waals surface area (Å²) in [4.78, 5) is 0. The first-order chi connectivity index (χ1) is 8.25. The number of nitrogens with one attached hydrogen (secondary N) is 1. The lowest BCUT2D eigenvalue weighted by Gasteiger charge is -2.11. The molecular weight excluding hydrogens is 218 g/mol. The van der Waals surface area contributed by atoms with Crippen LogP contribution in [0.15, 0.2) is 0 Å². The molecule has 6 nitrogen and oxygen atoms in total. The lowest BCUT2D eigenvalue weighted by Crippen LogP contribution is -2.24. The molecule has 1 N–H and O–H groups in total. The first kappa shape index (κ1) is 12.4. The summed E-state index contributed by atoms with van der Waals surface area (Å²) in [6.45, 7) is 6.69. The Morgan fingerprint density at radius 2 is 2.41 bits per heavy atom. The summed E-state index contributed by atoms with van der Waals surface area (Å²) in [5.74, 6) is 0.900. The van der Waals surface area contributed by atoms with Gasteiger partial charge >= 0.3 is 0 Å². The molecule has 0 saturated carbocycles. The minimum Gasteiger partial charge on any atom is -0.378 e. The zero-order chi connectivity index (χ0) is 12.1. The SMILES string of the molecule is CC(C)NCc1nnnn1CCC1CCCO1. The second-order valence-electron chi connectivity index (χ2n) is 4.78. The van der Waals surface area contributed by atoms with Crippen molar-refractivity contribution >= 4 is 0 Å². The minimum absolute atomic E-state index is 0.394. The summed E-state index contributed by atoms with van der Waals surface area (Å²) < 4.78 is 7.46. The quantitative estimate of drug-likeness (QED) is 0.793. The molecule has 0 aliphatic carbocycles. The normalized spacial score (nSPS) is 20.3. The summed E-state index contributed by atoms with van der Waals surface area (Å²) in [6.07, 6.45) is 3.74. The third-order valence-corrected chi connectivity index (χ3v) is 2.96. The summed E-state index contributed by atoms with van der Waals surface area (Å²) in [5, 5.41) is 15.1. The molecule has 0 spiro atoms. The van der Waals surface area contributed by atoms with Crippen LogP contribution in [0.5, 0.6) is 0 Å². The third-order valence-electron chi connectivity index (χ3n) is 2.96. The largest absolute Gasteiger partial charge is 0.378 e. The molecule has 96 valence electrons. The van der Waals surface area contributed by atoms with Gasteiger partial charge in [-0.3, -0.25) is 0 Å². The number of hydrogen-bond acceptors (Lipinski definition) is 5. The summed E-state index contributed by atoms with van der Waals surface area (Å²) in [5.41, 5.74) is 0. The molecule has 0 bridgehead atoms. The Bertz CT molecular complexity index is 332. The molecule has 2 rings (SSSR count). The van der Waals surface area contributed by atoms with E-state index < -0.39 is 0 Å². The number of rotatable bonds is 6. The molecule has 17 heavy (non-hydrogen) atoms. The van der Waals surface area contributed by atoms with E-state index in [1.165, 1.54) is 12.8 Å². The van der Waals surface area contributed by atoms with Crippen molar-refractivity contribution < 1.29 is 4.74 Å². The van der Waals surface area contributed by atoms with Gasteiger partial charge < -0.3 is 10.1 Å². The Balaban J connectivity index is 1.80. The number of hydrogen-bond donors (Lipinski definition) is 1. The van der Waals surface area contributed by atoms with E-state index in [4.69, 9.17) is 4.74 Å². The van der Waals surface area contributed by atoms with Crippen LogP contribution in [0.25, 0.3) is 0 Å². The Morgan fingerprint density at radius 1 is 1.53 bits per heavy atom. The molecule has 1 aromatic rings. The van der Waals surface area contributed by atoms with E-state index in [1.807, 2.05) is 4.68 Å². The van der Waals surface area contributed by atoms with Crippen molar-refractivity contribution in [2.75, 3.05) is 6.61 Å². The summed E-state index contributed by atoms with van der Waals surface area (Å²) >= 11 is 0. The maximum atomic E-state index is 5.59. The predicted octanol–water partition coefficient (Wildman–Crippen LogP) is 0.740. The average molecular weight is 239 g/mol. The molecule has 0 amide bonds.